The lowest BCUT2D eigenvalue weighted by Gasteiger charge is -2.40. The Labute approximate surface area is 119 Å². The van der Waals surface area contributed by atoms with Crippen LogP contribution in [0.4, 0.5) is 9.59 Å². The van der Waals surface area contributed by atoms with Gasteiger partial charge in [0.05, 0.1) is 0 Å². The first kappa shape index (κ1) is 19.1. The summed E-state index contributed by atoms with van der Waals surface area (Å²) in [6.45, 7) is 0. The number of hydrogen-bond donors (Lipinski definition) is 6. The molecule has 14 nitrogen and oxygen atoms in total. The number of aliphatic hydroxyl groups is 2. The van der Waals surface area contributed by atoms with E-state index < -0.39 is 46.9 Å². The zero-order valence-electron chi connectivity index (χ0n) is 10.3. The Morgan fingerprint density at radius 2 is 0.727 bits per heavy atom. The molecule has 0 atom stereocenters. The van der Waals surface area contributed by atoms with Gasteiger partial charge in [0.1, 0.15) is 0 Å². The van der Waals surface area contributed by atoms with Crippen LogP contribution in [0.25, 0.3) is 0 Å². The summed E-state index contributed by atoms with van der Waals surface area (Å²) >= 11 is 0. The van der Waals surface area contributed by atoms with Gasteiger partial charge < -0.3 is 21.2 Å². The minimum Gasteiger partial charge on any atom is -0.412 e. The number of hydrogen-bond acceptors (Lipinski definition) is 8. The van der Waals surface area contributed by atoms with E-state index in [0.29, 0.717) is 0 Å². The van der Waals surface area contributed by atoms with Gasteiger partial charge in [-0.2, -0.15) is 0 Å². The quantitative estimate of drug-likeness (QED) is 0.252. The van der Waals surface area contributed by atoms with Gasteiger partial charge in [0.2, 0.25) is 0 Å². The summed E-state index contributed by atoms with van der Waals surface area (Å²) in [7, 11) is 0. The van der Waals surface area contributed by atoms with Crippen LogP contribution in [0.2, 0.25) is 0 Å². The van der Waals surface area contributed by atoms with Crippen LogP contribution < -0.4 is 21.3 Å². The first-order chi connectivity index (χ1) is 9.13. The molecular weight excluding hydrogens is 312 g/mol. The van der Waals surface area contributed by atoms with Crippen LogP contribution >= 0.6 is 0 Å². The van der Waals surface area contributed by atoms with Crippen LogP contribution in [0.15, 0.2) is 0 Å². The van der Waals surface area contributed by atoms with E-state index in [1.54, 1.807) is 0 Å². The van der Waals surface area contributed by atoms with Crippen LogP contribution in [-0.4, -0.2) is 68.1 Å². The Kier molecular flexibility index (Phi) is 4.72. The summed E-state index contributed by atoms with van der Waals surface area (Å²) in [5.74, 6) is -7.19. The van der Waals surface area contributed by atoms with Gasteiger partial charge in [-0.3, -0.25) is 40.4 Å². The van der Waals surface area contributed by atoms with E-state index in [4.69, 9.17) is 0 Å². The van der Waals surface area contributed by atoms with E-state index in [1.165, 1.54) is 21.3 Å². The van der Waals surface area contributed by atoms with Crippen LogP contribution in [0.5, 0.6) is 0 Å². The van der Waals surface area contributed by atoms with Gasteiger partial charge >= 0.3 is 12.1 Å². The molecule has 2 aliphatic heterocycles. The second-order valence-corrected chi connectivity index (χ2v) is 3.90. The summed E-state index contributed by atoms with van der Waals surface area (Å²) in [6.07, 6.45) is 0. The number of carbonyl (C=O) groups excluding carboxylic acids is 6. The number of barbiturate groups is 2. The van der Waals surface area contributed by atoms with Crippen molar-refractivity contribution in [3.8, 4) is 0 Å². The normalized spacial score (nSPS) is 22.3. The molecule has 14 heteroatoms. The van der Waals surface area contributed by atoms with Gasteiger partial charge in [-0.15, -0.1) is 0 Å². The summed E-state index contributed by atoms with van der Waals surface area (Å²) < 4.78 is 0. The molecule has 10 N–H and O–H groups in total. The monoisotopic (exact) mass is 322 g/mol. The molecule has 0 aromatic heterocycles. The molecule has 0 aliphatic carbocycles. The molecule has 0 aromatic rings. The number of nitrogens with one attached hydrogen (secondary N) is 4. The van der Waals surface area contributed by atoms with Gasteiger partial charge in [0.25, 0.3) is 34.8 Å². The van der Waals surface area contributed by atoms with Crippen molar-refractivity contribution in [1.29, 1.82) is 0 Å². The smallest absolute Gasteiger partial charge is 0.328 e. The minimum absolute atomic E-state index is 0. The van der Waals surface area contributed by atoms with Crippen molar-refractivity contribution in [2.24, 2.45) is 0 Å². The van der Waals surface area contributed by atoms with Crippen molar-refractivity contribution in [1.82, 2.24) is 21.3 Å². The second kappa shape index (κ2) is 5.45. The molecule has 0 radical (unpaired) electrons. The van der Waals surface area contributed by atoms with Gasteiger partial charge in [-0.05, 0) is 0 Å². The van der Waals surface area contributed by atoms with Crippen molar-refractivity contribution in [2.45, 2.75) is 11.2 Å². The van der Waals surface area contributed by atoms with Gasteiger partial charge in [-0.25, -0.2) is 9.59 Å². The molecule has 8 amide bonds. The Hall–Kier alpha value is -2.94. The standard InChI is InChI=1S/C8H6N4O8.2H2O/c13-1-7(19,2(14)10-5(17)9-1)8(20)3(15)11-6(18)12-4(8)16;;/h19-20H,(H2,9,10,13,14,17)(H2,11,12,15,16,18);2*1H2. The largest absolute Gasteiger partial charge is 0.412 e. The number of amides is 8. The molecule has 0 saturated carbocycles. The molecule has 2 heterocycles. The summed E-state index contributed by atoms with van der Waals surface area (Å²) in [5, 5.41) is 25.6. The van der Waals surface area contributed by atoms with Gasteiger partial charge in [-0.1, -0.05) is 0 Å². The summed E-state index contributed by atoms with van der Waals surface area (Å²) in [4.78, 5) is 68.0. The van der Waals surface area contributed by atoms with E-state index in [0.717, 1.165) is 0 Å². The molecule has 0 bridgehead atoms. The highest BCUT2D eigenvalue weighted by molar-refractivity contribution is 6.33. The Morgan fingerprint density at radius 3 is 0.909 bits per heavy atom. The zero-order valence-corrected chi connectivity index (χ0v) is 10.3. The maximum atomic E-state index is 11.6. The van der Waals surface area contributed by atoms with E-state index >= 15 is 0 Å². The lowest BCUT2D eigenvalue weighted by Crippen LogP contribution is -2.84. The number of urea groups is 2. The topological polar surface area (TPSA) is 254 Å². The van der Waals surface area contributed by atoms with Crippen molar-refractivity contribution in [3.63, 3.8) is 0 Å². The molecular formula is C8H10N4O10. The lowest BCUT2D eigenvalue weighted by atomic mass is 9.77. The number of carbonyl (C=O) groups is 6. The predicted molar refractivity (Wildman–Crippen MR) is 60.5 cm³/mol. The lowest BCUT2D eigenvalue weighted by molar-refractivity contribution is -0.195. The van der Waals surface area contributed by atoms with Gasteiger partial charge in [0.15, 0.2) is 0 Å². The van der Waals surface area contributed by atoms with Crippen molar-refractivity contribution in [3.05, 3.63) is 0 Å². The highest BCUT2D eigenvalue weighted by atomic mass is 16.4. The van der Waals surface area contributed by atoms with Crippen molar-refractivity contribution < 1.29 is 49.9 Å². The number of rotatable bonds is 1. The average Bonchev–Trinajstić information content (AvgIpc) is 2.32. The fourth-order valence-electron chi connectivity index (χ4n) is 1.70. The predicted octanol–water partition coefficient (Wildman–Crippen LogP) is -6.47. The highest BCUT2D eigenvalue weighted by Gasteiger charge is 2.72. The Balaban J connectivity index is 0.00000220. The third kappa shape index (κ3) is 2.07. The Morgan fingerprint density at radius 1 is 0.545 bits per heavy atom. The van der Waals surface area contributed by atoms with Crippen LogP contribution in [-0.2, 0) is 19.2 Å². The molecule has 0 spiro atoms. The molecule has 2 fully saturated rings. The molecule has 122 valence electrons. The van der Waals surface area contributed by atoms with E-state index in [1.807, 2.05) is 0 Å². The summed E-state index contributed by atoms with van der Waals surface area (Å²) in [5.41, 5.74) is -7.26. The Bertz CT molecular complexity index is 506. The highest BCUT2D eigenvalue weighted by Crippen LogP contribution is 2.27. The SMILES string of the molecule is O.O.O=C1NC(=O)C(O)(C2(O)C(=O)NC(=O)NC2=O)C(=O)N1. The third-order valence-electron chi connectivity index (χ3n) is 2.75. The summed E-state index contributed by atoms with van der Waals surface area (Å²) in [6, 6.07) is -2.64. The first-order valence-corrected chi connectivity index (χ1v) is 4.92. The molecule has 22 heavy (non-hydrogen) atoms. The molecule has 0 unspecified atom stereocenters. The maximum Gasteiger partial charge on any atom is 0.328 e. The third-order valence-corrected chi connectivity index (χ3v) is 2.75. The van der Waals surface area contributed by atoms with Crippen molar-refractivity contribution >= 4 is 35.7 Å². The van der Waals surface area contributed by atoms with Crippen molar-refractivity contribution in [2.75, 3.05) is 0 Å². The fourth-order valence-corrected chi connectivity index (χ4v) is 1.70. The molecule has 2 saturated heterocycles. The van der Waals surface area contributed by atoms with E-state index in [-0.39, 0.29) is 11.0 Å². The fraction of sp³-hybridized carbons (Fsp3) is 0.250. The molecule has 2 rings (SSSR count). The maximum absolute atomic E-state index is 11.6. The number of imide groups is 4. The molecule has 2 aliphatic rings. The molecule has 0 aromatic carbocycles. The minimum atomic E-state index is -3.63. The van der Waals surface area contributed by atoms with E-state index in [2.05, 4.69) is 0 Å². The first-order valence-electron chi connectivity index (χ1n) is 4.92. The van der Waals surface area contributed by atoms with Gasteiger partial charge in [0, 0.05) is 0 Å². The van der Waals surface area contributed by atoms with E-state index in [9.17, 15) is 39.0 Å². The second-order valence-electron chi connectivity index (χ2n) is 3.90. The van der Waals surface area contributed by atoms with Crippen LogP contribution in [0.3, 0.4) is 0 Å². The average molecular weight is 322 g/mol. The van der Waals surface area contributed by atoms with Crippen LogP contribution in [0.1, 0.15) is 0 Å². The van der Waals surface area contributed by atoms with Crippen LogP contribution in [0, 0.1) is 0 Å². The zero-order chi connectivity index (χ0) is 15.3.